The SMILES string of the molecule is Cn1c(-c2ccccc2)nc2cc(-c3cc4c(c5ccccc35)C3(c5ccccc5-c5ccccc53)c3c-4c4ccccc4c4ccccc34)ccc21. The first-order valence-corrected chi connectivity index (χ1v) is 18.5. The summed E-state index contributed by atoms with van der Waals surface area (Å²) in [5.41, 5.74) is 16.0. The zero-order valence-electron chi connectivity index (χ0n) is 29.1. The van der Waals surface area contributed by atoms with Gasteiger partial charge in [0.15, 0.2) is 0 Å². The van der Waals surface area contributed by atoms with E-state index in [1.165, 1.54) is 88.0 Å². The van der Waals surface area contributed by atoms with Crippen molar-refractivity contribution < 1.29 is 0 Å². The zero-order valence-corrected chi connectivity index (χ0v) is 29.1. The van der Waals surface area contributed by atoms with Gasteiger partial charge in [-0.2, -0.15) is 0 Å². The molecule has 0 aliphatic heterocycles. The summed E-state index contributed by atoms with van der Waals surface area (Å²) in [6.07, 6.45) is 0. The summed E-state index contributed by atoms with van der Waals surface area (Å²) >= 11 is 0. The number of aryl methyl sites for hydroxylation is 1. The molecule has 0 saturated heterocycles. The third-order valence-corrected chi connectivity index (χ3v) is 12.2. The van der Waals surface area contributed by atoms with Crippen molar-refractivity contribution in [1.29, 1.82) is 0 Å². The Labute approximate surface area is 307 Å². The summed E-state index contributed by atoms with van der Waals surface area (Å²) in [4.78, 5) is 5.20. The van der Waals surface area contributed by atoms with Crippen LogP contribution in [0.2, 0.25) is 0 Å². The monoisotopic (exact) mass is 672 g/mol. The standard InChI is InChI=1S/C51H32N2/c1-53-46-28-27-32(29-45(46)52-50(53)31-15-3-2-4-16-31)41-30-42-47-38-22-8-5-17-33(38)34-18-6-10-24-40(34)49(47)51(48(42)39-23-9-7-19-35(39)41)43-25-13-11-20-36(43)37-21-12-14-26-44(37)51/h2-30H,1H3. The van der Waals surface area contributed by atoms with Crippen LogP contribution in [0.3, 0.4) is 0 Å². The minimum Gasteiger partial charge on any atom is -0.327 e. The van der Waals surface area contributed by atoms with Gasteiger partial charge in [0.1, 0.15) is 5.82 Å². The first-order chi connectivity index (χ1) is 26.2. The van der Waals surface area contributed by atoms with E-state index >= 15 is 0 Å². The van der Waals surface area contributed by atoms with Gasteiger partial charge in [-0.1, -0.05) is 158 Å². The van der Waals surface area contributed by atoms with E-state index in [1.807, 2.05) is 0 Å². The fourth-order valence-electron chi connectivity index (χ4n) is 10.1. The molecule has 2 nitrogen and oxygen atoms in total. The Morgan fingerprint density at radius 1 is 0.415 bits per heavy atom. The molecular formula is C51H32N2. The summed E-state index contributed by atoms with van der Waals surface area (Å²) in [6, 6.07) is 65.3. The molecule has 0 atom stereocenters. The molecule has 53 heavy (non-hydrogen) atoms. The van der Waals surface area contributed by atoms with Crippen LogP contribution in [0, 0.1) is 0 Å². The van der Waals surface area contributed by atoms with Crippen LogP contribution >= 0.6 is 0 Å². The van der Waals surface area contributed by atoms with Crippen molar-refractivity contribution in [2.45, 2.75) is 5.41 Å². The lowest BCUT2D eigenvalue weighted by Gasteiger charge is -2.33. The largest absolute Gasteiger partial charge is 0.327 e. The Bertz CT molecular complexity index is 3140. The Balaban J connectivity index is 1.25. The van der Waals surface area contributed by atoms with Crippen LogP contribution < -0.4 is 0 Å². The van der Waals surface area contributed by atoms with Crippen LogP contribution in [-0.4, -0.2) is 9.55 Å². The molecule has 0 amide bonds. The average molecular weight is 673 g/mol. The molecule has 246 valence electrons. The lowest BCUT2D eigenvalue weighted by molar-refractivity contribution is 0.809. The van der Waals surface area contributed by atoms with Crippen LogP contribution in [0.25, 0.3) is 88.1 Å². The van der Waals surface area contributed by atoms with Crippen molar-refractivity contribution in [1.82, 2.24) is 9.55 Å². The molecule has 1 heterocycles. The second kappa shape index (κ2) is 10.4. The van der Waals surface area contributed by atoms with E-state index in [1.54, 1.807) is 0 Å². The van der Waals surface area contributed by atoms with Crippen molar-refractivity contribution in [3.63, 3.8) is 0 Å². The van der Waals surface area contributed by atoms with Gasteiger partial charge < -0.3 is 4.57 Å². The normalized spacial score (nSPS) is 13.5. The van der Waals surface area contributed by atoms with Gasteiger partial charge in [-0.15, -0.1) is 0 Å². The van der Waals surface area contributed by atoms with Crippen molar-refractivity contribution >= 4 is 43.4 Å². The topological polar surface area (TPSA) is 17.8 Å². The lowest BCUT2D eigenvalue weighted by atomic mass is 9.68. The Morgan fingerprint density at radius 3 is 1.66 bits per heavy atom. The number of rotatable bonds is 2. The molecule has 0 unspecified atom stereocenters. The fraction of sp³-hybridized carbons (Fsp3) is 0.0392. The Kier molecular flexibility index (Phi) is 5.67. The smallest absolute Gasteiger partial charge is 0.140 e. The number of aromatic nitrogens is 2. The maximum absolute atomic E-state index is 5.20. The summed E-state index contributed by atoms with van der Waals surface area (Å²) in [5.74, 6) is 0.976. The number of fused-ring (bicyclic) bond motifs is 18. The molecule has 1 aromatic heterocycles. The molecular weight excluding hydrogens is 641 g/mol. The maximum Gasteiger partial charge on any atom is 0.140 e. The van der Waals surface area contributed by atoms with Gasteiger partial charge in [0, 0.05) is 12.6 Å². The van der Waals surface area contributed by atoms with E-state index in [2.05, 4.69) is 188 Å². The molecule has 2 heteroatoms. The van der Waals surface area contributed by atoms with Gasteiger partial charge in [0.25, 0.3) is 0 Å². The summed E-state index contributed by atoms with van der Waals surface area (Å²) in [6.45, 7) is 0. The molecule has 0 N–H and O–H groups in total. The first kappa shape index (κ1) is 28.9. The van der Waals surface area contributed by atoms with Gasteiger partial charge in [-0.05, 0) is 106 Å². The van der Waals surface area contributed by atoms with Crippen LogP contribution in [-0.2, 0) is 12.5 Å². The van der Waals surface area contributed by atoms with Gasteiger partial charge in [0.2, 0.25) is 0 Å². The highest BCUT2D eigenvalue weighted by Gasteiger charge is 2.54. The molecule has 2 aliphatic rings. The first-order valence-electron chi connectivity index (χ1n) is 18.5. The van der Waals surface area contributed by atoms with E-state index in [0.29, 0.717) is 0 Å². The van der Waals surface area contributed by atoms with Gasteiger partial charge in [0.05, 0.1) is 16.4 Å². The van der Waals surface area contributed by atoms with Crippen molar-refractivity contribution in [3.8, 4) is 44.8 Å². The lowest BCUT2D eigenvalue weighted by Crippen LogP contribution is -2.26. The van der Waals surface area contributed by atoms with E-state index in [4.69, 9.17) is 4.98 Å². The van der Waals surface area contributed by atoms with Crippen LogP contribution in [0.5, 0.6) is 0 Å². The third-order valence-electron chi connectivity index (χ3n) is 12.2. The van der Waals surface area contributed by atoms with E-state index in [-0.39, 0.29) is 0 Å². The predicted molar refractivity (Wildman–Crippen MR) is 220 cm³/mol. The quantitative estimate of drug-likeness (QED) is 0.167. The molecule has 10 aromatic rings. The van der Waals surface area contributed by atoms with Crippen molar-refractivity contribution in [3.05, 3.63) is 198 Å². The molecule has 12 rings (SSSR count). The zero-order chi connectivity index (χ0) is 34.8. The van der Waals surface area contributed by atoms with Crippen LogP contribution in [0.1, 0.15) is 22.3 Å². The average Bonchev–Trinajstić information content (AvgIpc) is 3.84. The minimum absolute atomic E-state index is 0.491. The predicted octanol–water partition coefficient (Wildman–Crippen LogP) is 12.7. The van der Waals surface area contributed by atoms with Crippen LogP contribution in [0.15, 0.2) is 176 Å². The van der Waals surface area contributed by atoms with Gasteiger partial charge in [-0.25, -0.2) is 4.98 Å². The maximum atomic E-state index is 5.20. The molecule has 0 radical (unpaired) electrons. The van der Waals surface area contributed by atoms with E-state index in [9.17, 15) is 0 Å². The number of nitrogens with zero attached hydrogens (tertiary/aromatic N) is 2. The molecule has 0 saturated carbocycles. The highest BCUT2D eigenvalue weighted by Crippen LogP contribution is 2.67. The Morgan fingerprint density at radius 2 is 0.962 bits per heavy atom. The molecule has 0 bridgehead atoms. The number of hydrogen-bond acceptors (Lipinski definition) is 1. The summed E-state index contributed by atoms with van der Waals surface area (Å²) < 4.78 is 2.21. The highest BCUT2D eigenvalue weighted by molar-refractivity contribution is 6.22. The van der Waals surface area contributed by atoms with Crippen molar-refractivity contribution in [2.24, 2.45) is 7.05 Å². The van der Waals surface area contributed by atoms with Gasteiger partial charge in [-0.3, -0.25) is 0 Å². The third kappa shape index (κ3) is 3.60. The van der Waals surface area contributed by atoms with E-state index < -0.39 is 5.41 Å². The van der Waals surface area contributed by atoms with Crippen LogP contribution in [0.4, 0.5) is 0 Å². The fourth-order valence-corrected chi connectivity index (χ4v) is 10.1. The molecule has 2 aliphatic carbocycles. The minimum atomic E-state index is -0.491. The number of hydrogen-bond donors (Lipinski definition) is 0. The van der Waals surface area contributed by atoms with Crippen molar-refractivity contribution in [2.75, 3.05) is 0 Å². The van der Waals surface area contributed by atoms with Gasteiger partial charge >= 0.3 is 0 Å². The summed E-state index contributed by atoms with van der Waals surface area (Å²) in [7, 11) is 2.12. The Hall–Kier alpha value is -6.77. The number of imidazole rings is 1. The number of benzene rings is 9. The molecule has 9 aromatic carbocycles. The summed E-state index contributed by atoms with van der Waals surface area (Å²) in [5, 5.41) is 7.76. The highest BCUT2D eigenvalue weighted by atomic mass is 15.1. The van der Waals surface area contributed by atoms with E-state index in [0.717, 1.165) is 22.4 Å². The molecule has 1 spiro atoms. The second-order valence-corrected chi connectivity index (χ2v) is 14.6. The second-order valence-electron chi connectivity index (χ2n) is 14.6. The molecule has 0 fully saturated rings.